The van der Waals surface area contributed by atoms with Crippen LogP contribution in [0.5, 0.6) is 0 Å². The summed E-state index contributed by atoms with van der Waals surface area (Å²) in [6.07, 6.45) is -3.76. The van der Waals surface area contributed by atoms with E-state index in [1.165, 1.54) is 12.1 Å². The van der Waals surface area contributed by atoms with Crippen LogP contribution in [0.25, 0.3) is 22.4 Å². The van der Waals surface area contributed by atoms with Crippen molar-refractivity contribution in [3.05, 3.63) is 82.9 Å². The van der Waals surface area contributed by atoms with Gasteiger partial charge >= 0.3 is 12.1 Å². The number of hydrogen-bond donors (Lipinski definition) is 1. The van der Waals surface area contributed by atoms with Crippen LogP contribution in [-0.4, -0.2) is 20.6 Å². The Kier molecular flexibility index (Phi) is 6.70. The molecule has 0 saturated carbocycles. The fraction of sp³-hybridized carbons (Fsp3) is 0.231. The maximum Gasteiger partial charge on any atom is 0.416 e. The van der Waals surface area contributed by atoms with E-state index in [1.54, 1.807) is 11.8 Å². The lowest BCUT2D eigenvalue weighted by molar-refractivity contribution is -0.138. The number of aromatic nitrogens is 2. The van der Waals surface area contributed by atoms with Gasteiger partial charge in [0.25, 0.3) is 0 Å². The van der Waals surface area contributed by atoms with Gasteiger partial charge in [0.15, 0.2) is 0 Å². The number of fused-ring (bicyclic) bond motifs is 1. The molecule has 0 unspecified atom stereocenters. The molecule has 0 aliphatic carbocycles. The summed E-state index contributed by atoms with van der Waals surface area (Å²) in [5.41, 5.74) is 4.79. The number of halogens is 3. The standard InChI is InChI=1S/C26H23F3N2O2S/c1-16-14-21(12-8-17(16)9-13-23(32)33)34-15-19-4-3-5-22-24(19)30-25(31(22)2)18-6-10-20(11-7-18)26(27,28)29/h3-8,10-12,14H,9,13,15H2,1-2H3,(H,32,33). The van der Waals surface area contributed by atoms with Crippen molar-refractivity contribution in [1.82, 2.24) is 9.55 Å². The molecule has 0 bridgehead atoms. The van der Waals surface area contributed by atoms with Crippen molar-refractivity contribution in [2.24, 2.45) is 7.05 Å². The molecule has 0 saturated heterocycles. The molecule has 176 valence electrons. The number of carboxylic acids is 1. The number of benzene rings is 3. The number of nitrogens with zero attached hydrogens (tertiary/aromatic N) is 2. The Hall–Kier alpha value is -3.26. The Bertz CT molecular complexity index is 1340. The lowest BCUT2D eigenvalue weighted by Gasteiger charge is -2.08. The summed E-state index contributed by atoms with van der Waals surface area (Å²) in [7, 11) is 1.86. The minimum absolute atomic E-state index is 0.107. The number of imidazole rings is 1. The average Bonchev–Trinajstić information content (AvgIpc) is 3.13. The van der Waals surface area contributed by atoms with E-state index in [1.807, 2.05) is 48.9 Å². The Labute approximate surface area is 199 Å². The molecule has 0 amide bonds. The molecule has 0 fully saturated rings. The van der Waals surface area contributed by atoms with Crippen molar-refractivity contribution in [1.29, 1.82) is 0 Å². The zero-order chi connectivity index (χ0) is 24.5. The van der Waals surface area contributed by atoms with Crippen molar-refractivity contribution in [2.75, 3.05) is 0 Å². The van der Waals surface area contributed by atoms with E-state index in [9.17, 15) is 18.0 Å². The maximum atomic E-state index is 12.9. The van der Waals surface area contributed by atoms with Crippen LogP contribution in [-0.2, 0) is 30.2 Å². The smallest absolute Gasteiger partial charge is 0.416 e. The zero-order valence-electron chi connectivity index (χ0n) is 18.7. The van der Waals surface area contributed by atoms with E-state index in [0.717, 1.165) is 44.8 Å². The van der Waals surface area contributed by atoms with Gasteiger partial charge < -0.3 is 9.67 Å². The third-order valence-electron chi connectivity index (χ3n) is 5.78. The normalized spacial score (nSPS) is 11.8. The van der Waals surface area contributed by atoms with Gasteiger partial charge in [-0.2, -0.15) is 13.2 Å². The van der Waals surface area contributed by atoms with Gasteiger partial charge in [0.05, 0.1) is 16.6 Å². The van der Waals surface area contributed by atoms with E-state index >= 15 is 0 Å². The Morgan fingerprint density at radius 2 is 1.79 bits per heavy atom. The van der Waals surface area contributed by atoms with E-state index in [0.29, 0.717) is 23.6 Å². The molecule has 0 spiro atoms. The number of carboxylic acid groups (broad SMARTS) is 1. The second-order valence-electron chi connectivity index (χ2n) is 8.13. The lowest BCUT2D eigenvalue weighted by Crippen LogP contribution is -2.04. The van der Waals surface area contributed by atoms with Gasteiger partial charge in [-0.05, 0) is 60.4 Å². The fourth-order valence-corrected chi connectivity index (χ4v) is 4.88. The molecule has 3 aromatic carbocycles. The summed E-state index contributed by atoms with van der Waals surface area (Å²) < 4.78 is 40.6. The molecule has 4 rings (SSSR count). The topological polar surface area (TPSA) is 55.1 Å². The minimum atomic E-state index is -4.37. The number of rotatable bonds is 7. The molecule has 4 nitrogen and oxygen atoms in total. The first kappa shape index (κ1) is 23.9. The number of hydrogen-bond acceptors (Lipinski definition) is 3. The molecular formula is C26H23F3N2O2S. The number of alkyl halides is 3. The van der Waals surface area contributed by atoms with Gasteiger partial charge in [-0.25, -0.2) is 4.98 Å². The summed E-state index contributed by atoms with van der Waals surface area (Å²) in [4.78, 5) is 16.7. The van der Waals surface area contributed by atoms with Crippen LogP contribution >= 0.6 is 11.8 Å². The second kappa shape index (κ2) is 9.54. The average molecular weight is 485 g/mol. The van der Waals surface area contributed by atoms with E-state index in [2.05, 4.69) is 6.07 Å². The molecule has 0 radical (unpaired) electrons. The van der Waals surface area contributed by atoms with Crippen molar-refractivity contribution >= 4 is 28.8 Å². The molecule has 1 heterocycles. The molecule has 8 heteroatoms. The van der Waals surface area contributed by atoms with Gasteiger partial charge in [0.2, 0.25) is 0 Å². The Morgan fingerprint density at radius 3 is 2.44 bits per heavy atom. The van der Waals surface area contributed by atoms with Crippen molar-refractivity contribution in [3.63, 3.8) is 0 Å². The number of aliphatic carboxylic acids is 1. The van der Waals surface area contributed by atoms with E-state index in [-0.39, 0.29) is 6.42 Å². The molecule has 1 aromatic heterocycles. The summed E-state index contributed by atoms with van der Waals surface area (Å²) in [5.74, 6) is 0.478. The van der Waals surface area contributed by atoms with Crippen molar-refractivity contribution < 1.29 is 23.1 Å². The molecule has 0 aliphatic heterocycles. The highest BCUT2D eigenvalue weighted by atomic mass is 32.2. The Balaban J connectivity index is 1.56. The number of carbonyl (C=O) groups is 1. The zero-order valence-corrected chi connectivity index (χ0v) is 19.5. The summed E-state index contributed by atoms with van der Waals surface area (Å²) in [6.45, 7) is 1.98. The van der Waals surface area contributed by atoms with Crippen LogP contribution in [0, 0.1) is 6.92 Å². The molecule has 1 N–H and O–H groups in total. The monoisotopic (exact) mass is 484 g/mol. The molecule has 34 heavy (non-hydrogen) atoms. The number of aryl methyl sites for hydroxylation is 3. The fourth-order valence-electron chi connectivity index (χ4n) is 3.90. The van der Waals surface area contributed by atoms with Crippen molar-refractivity contribution in [2.45, 2.75) is 36.6 Å². The Morgan fingerprint density at radius 1 is 1.06 bits per heavy atom. The minimum Gasteiger partial charge on any atom is -0.481 e. The summed E-state index contributed by atoms with van der Waals surface area (Å²) in [6, 6.07) is 17.0. The van der Waals surface area contributed by atoms with Crippen LogP contribution in [0.4, 0.5) is 13.2 Å². The predicted octanol–water partition coefficient (Wildman–Crippen LogP) is 6.88. The second-order valence-corrected chi connectivity index (χ2v) is 9.17. The summed E-state index contributed by atoms with van der Waals surface area (Å²) in [5, 5.41) is 8.90. The summed E-state index contributed by atoms with van der Waals surface area (Å²) >= 11 is 1.66. The van der Waals surface area contributed by atoms with Crippen LogP contribution in [0.3, 0.4) is 0 Å². The lowest BCUT2D eigenvalue weighted by atomic mass is 10.0. The van der Waals surface area contributed by atoms with Gasteiger partial charge in [-0.3, -0.25) is 4.79 Å². The first-order chi connectivity index (χ1) is 16.1. The predicted molar refractivity (Wildman–Crippen MR) is 128 cm³/mol. The van der Waals surface area contributed by atoms with Gasteiger partial charge in [0.1, 0.15) is 5.82 Å². The van der Waals surface area contributed by atoms with Crippen molar-refractivity contribution in [3.8, 4) is 11.4 Å². The quantitative estimate of drug-likeness (QED) is 0.291. The van der Waals surface area contributed by atoms with E-state index < -0.39 is 17.7 Å². The van der Waals surface area contributed by atoms with E-state index in [4.69, 9.17) is 10.1 Å². The highest BCUT2D eigenvalue weighted by molar-refractivity contribution is 7.98. The van der Waals surface area contributed by atoms with Gasteiger partial charge in [0, 0.05) is 29.7 Å². The SMILES string of the molecule is Cc1cc(SCc2cccc3c2nc(-c2ccc(C(F)(F)F)cc2)n3C)ccc1CCC(=O)O. The van der Waals surface area contributed by atoms with Gasteiger partial charge in [-0.1, -0.05) is 30.3 Å². The molecular weight excluding hydrogens is 461 g/mol. The third kappa shape index (κ3) is 5.12. The first-order valence-electron chi connectivity index (χ1n) is 10.7. The van der Waals surface area contributed by atoms with Crippen LogP contribution in [0.2, 0.25) is 0 Å². The molecule has 4 aromatic rings. The van der Waals surface area contributed by atoms with Crippen LogP contribution < -0.4 is 0 Å². The third-order valence-corrected chi connectivity index (χ3v) is 6.82. The number of para-hydroxylation sites is 1. The highest BCUT2D eigenvalue weighted by Gasteiger charge is 2.30. The highest BCUT2D eigenvalue weighted by Crippen LogP contribution is 2.33. The van der Waals surface area contributed by atoms with Crippen LogP contribution in [0.1, 0.15) is 28.7 Å². The maximum absolute atomic E-state index is 12.9. The number of thioether (sulfide) groups is 1. The first-order valence-corrected chi connectivity index (χ1v) is 11.7. The molecule has 0 atom stereocenters. The van der Waals surface area contributed by atoms with Gasteiger partial charge in [-0.15, -0.1) is 11.8 Å². The van der Waals surface area contributed by atoms with Crippen LogP contribution in [0.15, 0.2) is 65.6 Å². The largest absolute Gasteiger partial charge is 0.481 e. The molecule has 0 aliphatic rings.